The number of hydrogen-bond acceptors (Lipinski definition) is 3. The number of rotatable bonds is 4. The lowest BCUT2D eigenvalue weighted by Gasteiger charge is -2.34. The first-order valence-electron chi connectivity index (χ1n) is 9.01. The molecular weight excluding hydrogens is 314 g/mol. The fraction of sp³-hybridized carbons (Fsp3) is 0.429. The Labute approximate surface area is 148 Å². The maximum absolute atomic E-state index is 13.1. The average molecular weight is 339 g/mol. The van der Waals surface area contributed by atoms with Gasteiger partial charge in [0.05, 0.1) is 0 Å². The molecule has 0 unspecified atom stereocenters. The van der Waals surface area contributed by atoms with E-state index in [1.165, 1.54) is 24.1 Å². The smallest absolute Gasteiger partial charge is 0.290 e. The van der Waals surface area contributed by atoms with Crippen LogP contribution in [0.2, 0.25) is 0 Å². The van der Waals surface area contributed by atoms with E-state index in [1.807, 2.05) is 17.0 Å². The lowest BCUT2D eigenvalue weighted by atomic mass is 9.93. The molecular formula is C21H25NO3. The number of aryl methyl sites for hydroxylation is 2. The molecule has 0 spiro atoms. The van der Waals surface area contributed by atoms with Gasteiger partial charge < -0.3 is 9.32 Å². The Bertz CT molecular complexity index is 803. The van der Waals surface area contributed by atoms with E-state index in [-0.39, 0.29) is 23.1 Å². The van der Waals surface area contributed by atoms with Crippen molar-refractivity contribution >= 4 is 5.91 Å². The highest BCUT2D eigenvalue weighted by atomic mass is 16.3. The van der Waals surface area contributed by atoms with E-state index in [1.54, 1.807) is 6.92 Å². The normalized spacial score (nSPS) is 15.1. The summed E-state index contributed by atoms with van der Waals surface area (Å²) in [5, 5.41) is 0. The van der Waals surface area contributed by atoms with E-state index in [4.69, 9.17) is 4.42 Å². The summed E-state index contributed by atoms with van der Waals surface area (Å²) in [4.78, 5) is 26.8. The van der Waals surface area contributed by atoms with Crippen LogP contribution in [0.15, 0.2) is 45.6 Å². The first-order valence-corrected chi connectivity index (χ1v) is 9.01. The second-order valence-corrected chi connectivity index (χ2v) is 6.98. The Morgan fingerprint density at radius 2 is 1.88 bits per heavy atom. The van der Waals surface area contributed by atoms with Crippen molar-refractivity contribution in [2.45, 2.75) is 58.5 Å². The zero-order valence-electron chi connectivity index (χ0n) is 15.0. The highest BCUT2D eigenvalue weighted by Crippen LogP contribution is 2.26. The van der Waals surface area contributed by atoms with Crippen LogP contribution < -0.4 is 5.43 Å². The highest BCUT2D eigenvalue weighted by molar-refractivity contribution is 5.91. The Morgan fingerprint density at radius 1 is 1.12 bits per heavy atom. The second-order valence-electron chi connectivity index (χ2n) is 6.98. The molecule has 0 radical (unpaired) electrons. The molecule has 0 atom stereocenters. The first-order chi connectivity index (χ1) is 12.0. The number of hydrogen-bond donors (Lipinski definition) is 0. The van der Waals surface area contributed by atoms with E-state index in [2.05, 4.69) is 19.1 Å². The predicted molar refractivity (Wildman–Crippen MR) is 97.6 cm³/mol. The van der Waals surface area contributed by atoms with Crippen LogP contribution in [0.25, 0.3) is 0 Å². The number of carbonyl (C=O) groups is 1. The first kappa shape index (κ1) is 17.5. The fourth-order valence-electron chi connectivity index (χ4n) is 3.62. The van der Waals surface area contributed by atoms with Gasteiger partial charge in [-0.3, -0.25) is 9.59 Å². The van der Waals surface area contributed by atoms with Gasteiger partial charge in [0.25, 0.3) is 5.91 Å². The summed E-state index contributed by atoms with van der Waals surface area (Å²) >= 11 is 0. The largest absolute Gasteiger partial charge is 0.456 e. The Morgan fingerprint density at radius 3 is 2.56 bits per heavy atom. The number of amides is 1. The fourth-order valence-corrected chi connectivity index (χ4v) is 3.62. The molecule has 132 valence electrons. The molecule has 1 aliphatic carbocycles. The molecule has 4 nitrogen and oxygen atoms in total. The van der Waals surface area contributed by atoms with Gasteiger partial charge >= 0.3 is 0 Å². The van der Waals surface area contributed by atoms with Crippen LogP contribution in [0.5, 0.6) is 0 Å². The zero-order valence-corrected chi connectivity index (χ0v) is 15.0. The molecule has 0 aliphatic heterocycles. The molecule has 3 rings (SSSR count). The molecule has 1 fully saturated rings. The lowest BCUT2D eigenvalue weighted by molar-refractivity contribution is 0.0577. The van der Waals surface area contributed by atoms with Gasteiger partial charge in [0.2, 0.25) is 0 Å². The monoisotopic (exact) mass is 339 g/mol. The van der Waals surface area contributed by atoms with E-state index in [0.717, 1.165) is 31.2 Å². The molecule has 1 aromatic carbocycles. The van der Waals surface area contributed by atoms with Gasteiger partial charge in [-0.2, -0.15) is 0 Å². The molecule has 0 saturated heterocycles. The van der Waals surface area contributed by atoms with Crippen LogP contribution in [-0.2, 0) is 6.54 Å². The summed E-state index contributed by atoms with van der Waals surface area (Å²) < 4.78 is 5.56. The van der Waals surface area contributed by atoms with Crippen molar-refractivity contribution in [3.05, 3.63) is 69.3 Å². The second kappa shape index (κ2) is 7.68. The van der Waals surface area contributed by atoms with E-state index in [9.17, 15) is 9.59 Å². The molecule has 1 amide bonds. The minimum absolute atomic E-state index is 0.142. The van der Waals surface area contributed by atoms with E-state index in [0.29, 0.717) is 12.3 Å². The van der Waals surface area contributed by atoms with Gasteiger partial charge in [0, 0.05) is 24.7 Å². The van der Waals surface area contributed by atoms with Crippen LogP contribution in [0.3, 0.4) is 0 Å². The minimum Gasteiger partial charge on any atom is -0.456 e. The van der Waals surface area contributed by atoms with Crippen LogP contribution in [0.1, 0.15) is 59.5 Å². The predicted octanol–water partition coefficient (Wildman–Crippen LogP) is 4.23. The third-order valence-electron chi connectivity index (χ3n) is 4.81. The molecule has 4 heteroatoms. The van der Waals surface area contributed by atoms with Gasteiger partial charge in [-0.15, -0.1) is 0 Å². The Hall–Kier alpha value is -2.36. The van der Waals surface area contributed by atoms with Crippen molar-refractivity contribution in [2.24, 2.45) is 0 Å². The summed E-state index contributed by atoms with van der Waals surface area (Å²) in [6.07, 6.45) is 5.52. The third kappa shape index (κ3) is 4.38. The topological polar surface area (TPSA) is 50.5 Å². The van der Waals surface area contributed by atoms with Gasteiger partial charge in [0.15, 0.2) is 11.2 Å². The molecule has 1 saturated carbocycles. The maximum atomic E-state index is 13.1. The molecule has 1 aromatic heterocycles. The summed E-state index contributed by atoms with van der Waals surface area (Å²) in [6, 6.07) is 11.1. The summed E-state index contributed by atoms with van der Waals surface area (Å²) in [5.41, 5.74) is 2.09. The highest BCUT2D eigenvalue weighted by Gasteiger charge is 2.28. The summed E-state index contributed by atoms with van der Waals surface area (Å²) in [7, 11) is 0. The molecule has 1 heterocycles. The van der Waals surface area contributed by atoms with Crippen molar-refractivity contribution in [2.75, 3.05) is 0 Å². The van der Waals surface area contributed by atoms with Gasteiger partial charge in [-0.1, -0.05) is 49.1 Å². The van der Waals surface area contributed by atoms with Gasteiger partial charge in [-0.25, -0.2) is 0 Å². The Kier molecular flexibility index (Phi) is 5.37. The number of nitrogens with zero attached hydrogens (tertiary/aromatic N) is 1. The van der Waals surface area contributed by atoms with E-state index >= 15 is 0 Å². The maximum Gasteiger partial charge on any atom is 0.290 e. The summed E-state index contributed by atoms with van der Waals surface area (Å²) in [5.74, 6) is 0.424. The van der Waals surface area contributed by atoms with Gasteiger partial charge in [-0.05, 0) is 32.3 Å². The SMILES string of the molecule is Cc1cccc(CN(C(=O)c2cc(=O)cc(C)o2)C2CCCCC2)c1. The number of benzene rings is 1. The van der Waals surface area contributed by atoms with Crippen LogP contribution in [0, 0.1) is 13.8 Å². The van der Waals surface area contributed by atoms with Crippen molar-refractivity contribution in [3.63, 3.8) is 0 Å². The quantitative estimate of drug-likeness (QED) is 0.837. The van der Waals surface area contributed by atoms with E-state index < -0.39 is 0 Å². The minimum atomic E-state index is -0.189. The molecule has 1 aliphatic rings. The lowest BCUT2D eigenvalue weighted by Crippen LogP contribution is -2.41. The van der Waals surface area contributed by atoms with Crippen molar-refractivity contribution in [1.82, 2.24) is 4.90 Å². The average Bonchev–Trinajstić information content (AvgIpc) is 2.59. The van der Waals surface area contributed by atoms with Crippen LogP contribution >= 0.6 is 0 Å². The zero-order chi connectivity index (χ0) is 17.8. The molecule has 25 heavy (non-hydrogen) atoms. The summed E-state index contributed by atoms with van der Waals surface area (Å²) in [6.45, 7) is 4.29. The molecule has 2 aromatic rings. The van der Waals surface area contributed by atoms with Crippen molar-refractivity contribution < 1.29 is 9.21 Å². The number of carbonyl (C=O) groups excluding carboxylic acids is 1. The Balaban J connectivity index is 1.91. The van der Waals surface area contributed by atoms with Crippen LogP contribution in [-0.4, -0.2) is 16.8 Å². The van der Waals surface area contributed by atoms with Gasteiger partial charge in [0.1, 0.15) is 5.76 Å². The third-order valence-corrected chi connectivity index (χ3v) is 4.81. The standard InChI is InChI=1S/C21H25NO3/c1-15-7-6-8-17(11-15)14-22(18-9-4-3-5-10-18)21(24)20-13-19(23)12-16(2)25-20/h6-8,11-13,18H,3-5,9-10,14H2,1-2H3. The molecule has 0 N–H and O–H groups in total. The van der Waals surface area contributed by atoms with Crippen molar-refractivity contribution in [3.8, 4) is 0 Å². The van der Waals surface area contributed by atoms with Crippen LogP contribution in [0.4, 0.5) is 0 Å². The molecule has 0 bridgehead atoms. The van der Waals surface area contributed by atoms with Crippen molar-refractivity contribution in [1.29, 1.82) is 0 Å².